The van der Waals surface area contributed by atoms with E-state index < -0.39 is 9.84 Å². The summed E-state index contributed by atoms with van der Waals surface area (Å²) in [6, 6.07) is 8.20. The van der Waals surface area contributed by atoms with Crippen LogP contribution in [0.2, 0.25) is 0 Å². The maximum absolute atomic E-state index is 11.8. The van der Waals surface area contributed by atoms with Crippen molar-refractivity contribution in [3.8, 4) is 0 Å². The zero-order chi connectivity index (χ0) is 13.9. The van der Waals surface area contributed by atoms with Gasteiger partial charge in [0.05, 0.1) is 5.75 Å². The monoisotopic (exact) mass is 282 g/mol. The van der Waals surface area contributed by atoms with E-state index in [9.17, 15) is 8.42 Å². The van der Waals surface area contributed by atoms with Crippen molar-refractivity contribution in [3.05, 3.63) is 29.8 Å². The number of nitrogens with two attached hydrogens (primary N) is 1. The number of sulfone groups is 1. The Balaban J connectivity index is 2.09. The van der Waals surface area contributed by atoms with Crippen molar-refractivity contribution in [2.45, 2.75) is 25.8 Å². The third-order valence-corrected chi connectivity index (χ3v) is 5.29. The van der Waals surface area contributed by atoms with E-state index in [4.69, 9.17) is 5.73 Å². The van der Waals surface area contributed by atoms with Gasteiger partial charge in [-0.3, -0.25) is 0 Å². The zero-order valence-corrected chi connectivity index (χ0v) is 12.2. The summed E-state index contributed by atoms with van der Waals surface area (Å²) in [6.45, 7) is 3.16. The van der Waals surface area contributed by atoms with Crippen molar-refractivity contribution in [1.29, 1.82) is 0 Å². The summed E-state index contributed by atoms with van der Waals surface area (Å²) >= 11 is 0. The number of para-hydroxylation sites is 1. The molecule has 1 aliphatic rings. The number of anilines is 1. The summed E-state index contributed by atoms with van der Waals surface area (Å²) in [7, 11) is -2.93. The largest absolute Gasteiger partial charge is 0.369 e. The molecular weight excluding hydrogens is 260 g/mol. The molecule has 4 nitrogen and oxygen atoms in total. The van der Waals surface area contributed by atoms with Crippen LogP contribution in [0.1, 0.15) is 18.9 Å². The first kappa shape index (κ1) is 14.3. The van der Waals surface area contributed by atoms with Gasteiger partial charge in [-0.2, -0.15) is 0 Å². The molecule has 0 amide bonds. The Morgan fingerprint density at radius 2 is 2.05 bits per heavy atom. The molecule has 0 fully saturated rings. The second-order valence-electron chi connectivity index (χ2n) is 5.19. The predicted molar refractivity (Wildman–Crippen MR) is 79.3 cm³/mol. The molecule has 1 aromatic carbocycles. The molecule has 0 aliphatic carbocycles. The quantitative estimate of drug-likeness (QED) is 0.881. The first-order valence-electron chi connectivity index (χ1n) is 6.80. The Bertz CT molecular complexity index is 528. The molecule has 0 spiro atoms. The minimum Gasteiger partial charge on any atom is -0.369 e. The van der Waals surface area contributed by atoms with E-state index in [1.165, 1.54) is 5.56 Å². The van der Waals surface area contributed by atoms with Crippen molar-refractivity contribution in [2.75, 3.05) is 29.5 Å². The highest BCUT2D eigenvalue weighted by Gasteiger charge is 2.22. The third-order valence-electron chi connectivity index (χ3n) is 3.46. The fourth-order valence-corrected chi connectivity index (χ4v) is 3.92. The smallest absolute Gasteiger partial charge is 0.152 e. The number of fused-ring (bicyclic) bond motifs is 1. The van der Waals surface area contributed by atoms with Crippen LogP contribution >= 0.6 is 0 Å². The Morgan fingerprint density at radius 1 is 1.32 bits per heavy atom. The number of benzene rings is 1. The normalized spacial score (nSPS) is 19.3. The van der Waals surface area contributed by atoms with Crippen LogP contribution in [0.3, 0.4) is 0 Å². The zero-order valence-electron chi connectivity index (χ0n) is 11.4. The molecule has 0 aromatic heterocycles. The van der Waals surface area contributed by atoms with Gasteiger partial charge in [0.2, 0.25) is 0 Å². The summed E-state index contributed by atoms with van der Waals surface area (Å²) in [5.74, 6) is 0.483. The highest BCUT2D eigenvalue weighted by molar-refractivity contribution is 7.91. The highest BCUT2D eigenvalue weighted by atomic mass is 32.2. The van der Waals surface area contributed by atoms with E-state index in [1.54, 1.807) is 0 Å². The number of rotatable bonds is 5. The van der Waals surface area contributed by atoms with Crippen LogP contribution in [0.5, 0.6) is 0 Å². The van der Waals surface area contributed by atoms with Gasteiger partial charge >= 0.3 is 0 Å². The maximum atomic E-state index is 11.8. The highest BCUT2D eigenvalue weighted by Crippen LogP contribution is 2.26. The molecule has 2 rings (SSSR count). The Labute approximate surface area is 115 Å². The molecule has 5 heteroatoms. The second-order valence-corrected chi connectivity index (χ2v) is 7.49. The van der Waals surface area contributed by atoms with Crippen LogP contribution in [0.4, 0.5) is 5.69 Å². The van der Waals surface area contributed by atoms with E-state index in [0.29, 0.717) is 13.0 Å². The fourth-order valence-electron chi connectivity index (χ4n) is 2.59. The van der Waals surface area contributed by atoms with Crippen LogP contribution < -0.4 is 10.6 Å². The first-order chi connectivity index (χ1) is 9.02. The van der Waals surface area contributed by atoms with E-state index in [-0.39, 0.29) is 17.5 Å². The van der Waals surface area contributed by atoms with E-state index in [2.05, 4.69) is 11.0 Å². The molecule has 19 heavy (non-hydrogen) atoms. The average Bonchev–Trinajstić information content (AvgIpc) is 2.36. The molecule has 1 heterocycles. The van der Waals surface area contributed by atoms with Crippen molar-refractivity contribution in [3.63, 3.8) is 0 Å². The molecule has 1 aromatic rings. The molecule has 0 saturated carbocycles. The van der Waals surface area contributed by atoms with Gasteiger partial charge in [-0.05, 0) is 24.5 Å². The lowest BCUT2D eigenvalue weighted by atomic mass is 9.99. The first-order valence-corrected chi connectivity index (χ1v) is 8.63. The summed E-state index contributed by atoms with van der Waals surface area (Å²) in [4.78, 5) is 2.11. The molecule has 0 saturated heterocycles. The molecule has 106 valence electrons. The summed E-state index contributed by atoms with van der Waals surface area (Å²) in [6.07, 6.45) is 1.55. The van der Waals surface area contributed by atoms with Gasteiger partial charge in [-0.1, -0.05) is 25.1 Å². The van der Waals surface area contributed by atoms with Gasteiger partial charge in [-0.15, -0.1) is 0 Å². The second kappa shape index (κ2) is 5.92. The number of nitrogens with zero attached hydrogens (tertiary/aromatic N) is 1. The van der Waals surface area contributed by atoms with Crippen LogP contribution in [-0.4, -0.2) is 39.1 Å². The Morgan fingerprint density at radius 3 is 2.79 bits per heavy atom. The van der Waals surface area contributed by atoms with Crippen molar-refractivity contribution in [1.82, 2.24) is 0 Å². The van der Waals surface area contributed by atoms with Crippen molar-refractivity contribution in [2.24, 2.45) is 5.73 Å². The van der Waals surface area contributed by atoms with E-state index in [1.807, 2.05) is 25.1 Å². The topological polar surface area (TPSA) is 63.4 Å². The minimum absolute atomic E-state index is 0.0868. The molecule has 1 unspecified atom stereocenters. The van der Waals surface area contributed by atoms with Crippen LogP contribution in [-0.2, 0) is 16.3 Å². The molecular formula is C14H22N2O2S. The van der Waals surface area contributed by atoms with Gasteiger partial charge in [-0.25, -0.2) is 8.42 Å². The predicted octanol–water partition coefficient (Wildman–Crippen LogP) is 1.20. The lowest BCUT2D eigenvalue weighted by Gasteiger charge is -2.34. The molecule has 1 atom stereocenters. The Hall–Kier alpha value is -1.07. The molecule has 0 bridgehead atoms. The van der Waals surface area contributed by atoms with Crippen molar-refractivity contribution < 1.29 is 8.42 Å². The van der Waals surface area contributed by atoms with E-state index >= 15 is 0 Å². The number of hydrogen-bond donors (Lipinski definition) is 1. The summed E-state index contributed by atoms with van der Waals surface area (Å²) in [5, 5.41) is 0. The Kier molecular flexibility index (Phi) is 4.47. The number of hydrogen-bond acceptors (Lipinski definition) is 4. The van der Waals surface area contributed by atoms with Gasteiger partial charge in [0, 0.05) is 30.6 Å². The molecule has 1 aliphatic heterocycles. The maximum Gasteiger partial charge on any atom is 0.152 e. The SMILES string of the molecule is CCCS(=O)(=O)CCN1CC(N)Cc2ccccc21. The van der Waals surface area contributed by atoms with Gasteiger partial charge < -0.3 is 10.6 Å². The fraction of sp³-hybridized carbons (Fsp3) is 0.571. The minimum atomic E-state index is -2.93. The third kappa shape index (κ3) is 3.70. The lowest BCUT2D eigenvalue weighted by Crippen LogP contribution is -2.45. The van der Waals surface area contributed by atoms with Crippen LogP contribution in [0.15, 0.2) is 24.3 Å². The average molecular weight is 282 g/mol. The lowest BCUT2D eigenvalue weighted by molar-refractivity contribution is 0.583. The van der Waals surface area contributed by atoms with Gasteiger partial charge in [0.15, 0.2) is 9.84 Å². The van der Waals surface area contributed by atoms with Gasteiger partial charge in [0.25, 0.3) is 0 Å². The standard InChI is InChI=1S/C14H22N2O2S/c1-2-8-19(17,18)9-7-16-11-13(15)10-12-5-3-4-6-14(12)16/h3-6,13H,2,7-11,15H2,1H3. The van der Waals surface area contributed by atoms with E-state index in [0.717, 1.165) is 18.7 Å². The van der Waals surface area contributed by atoms with Crippen LogP contribution in [0, 0.1) is 0 Å². The van der Waals surface area contributed by atoms with Crippen LogP contribution in [0.25, 0.3) is 0 Å². The van der Waals surface area contributed by atoms with Gasteiger partial charge in [0.1, 0.15) is 0 Å². The summed E-state index contributed by atoms with van der Waals surface area (Å²) < 4.78 is 23.6. The molecule has 0 radical (unpaired) electrons. The molecule has 2 N–H and O–H groups in total. The van der Waals surface area contributed by atoms with Crippen molar-refractivity contribution >= 4 is 15.5 Å². The summed E-state index contributed by atoms with van der Waals surface area (Å²) in [5.41, 5.74) is 8.40.